The summed E-state index contributed by atoms with van der Waals surface area (Å²) in [5.41, 5.74) is 10.2. The Bertz CT molecular complexity index is 612. The Morgan fingerprint density at radius 2 is 1.62 bits per heavy atom. The van der Waals surface area contributed by atoms with Crippen LogP contribution >= 0.6 is 0 Å². The molecule has 3 N–H and O–H groups in total. The van der Waals surface area contributed by atoms with Crippen LogP contribution < -0.4 is 20.5 Å². The topological polar surface area (TPSA) is 56.5 Å². The predicted molar refractivity (Wildman–Crippen MR) is 87.1 cm³/mol. The fourth-order valence-corrected chi connectivity index (χ4v) is 2.31. The summed E-state index contributed by atoms with van der Waals surface area (Å²) in [5, 5.41) is 3.37. The van der Waals surface area contributed by atoms with Gasteiger partial charge in [-0.2, -0.15) is 0 Å². The zero-order valence-electron chi connectivity index (χ0n) is 12.8. The fraction of sp³-hybridized carbons (Fsp3) is 0.294. The van der Waals surface area contributed by atoms with E-state index in [-0.39, 0.29) is 0 Å². The highest BCUT2D eigenvalue weighted by molar-refractivity contribution is 5.72. The lowest BCUT2D eigenvalue weighted by molar-refractivity contribution is 0.355. The van der Waals surface area contributed by atoms with Crippen LogP contribution in [0.15, 0.2) is 36.4 Å². The van der Waals surface area contributed by atoms with Gasteiger partial charge in [0.2, 0.25) is 0 Å². The van der Waals surface area contributed by atoms with E-state index in [1.54, 1.807) is 20.3 Å². The second kappa shape index (κ2) is 6.88. The second-order valence-electron chi connectivity index (χ2n) is 4.77. The molecule has 0 saturated heterocycles. The van der Waals surface area contributed by atoms with Gasteiger partial charge in [0.15, 0.2) is 11.5 Å². The van der Waals surface area contributed by atoms with Crippen LogP contribution in [0.2, 0.25) is 0 Å². The molecule has 0 spiro atoms. The molecule has 2 aromatic carbocycles. The molecule has 0 heterocycles. The monoisotopic (exact) mass is 286 g/mol. The molecule has 4 nitrogen and oxygen atoms in total. The lowest BCUT2D eigenvalue weighted by Gasteiger charge is -2.15. The maximum atomic E-state index is 6.06. The van der Waals surface area contributed by atoms with Crippen molar-refractivity contribution in [1.29, 1.82) is 0 Å². The first kappa shape index (κ1) is 15.0. The van der Waals surface area contributed by atoms with E-state index in [0.717, 1.165) is 18.7 Å². The Hall–Kier alpha value is -2.36. The molecule has 0 aliphatic heterocycles. The zero-order valence-corrected chi connectivity index (χ0v) is 12.8. The first-order valence-electron chi connectivity index (χ1n) is 7.01. The number of aryl methyl sites for hydroxylation is 1. The quantitative estimate of drug-likeness (QED) is 0.798. The third-order valence-corrected chi connectivity index (χ3v) is 3.52. The first-order valence-corrected chi connectivity index (χ1v) is 7.01. The average Bonchev–Trinajstić information content (AvgIpc) is 2.53. The SMILES string of the molecule is CCc1ccccc1CNc1cc(OC)c(OC)cc1N. The second-order valence-corrected chi connectivity index (χ2v) is 4.77. The van der Waals surface area contributed by atoms with E-state index < -0.39 is 0 Å². The van der Waals surface area contributed by atoms with Crippen molar-refractivity contribution in [3.8, 4) is 11.5 Å². The van der Waals surface area contributed by atoms with Crippen LogP contribution in [0.4, 0.5) is 11.4 Å². The Morgan fingerprint density at radius 1 is 1.00 bits per heavy atom. The Labute approximate surface area is 125 Å². The number of hydrogen-bond acceptors (Lipinski definition) is 4. The van der Waals surface area contributed by atoms with Crippen molar-refractivity contribution in [3.63, 3.8) is 0 Å². The lowest BCUT2D eigenvalue weighted by atomic mass is 10.1. The van der Waals surface area contributed by atoms with Gasteiger partial charge >= 0.3 is 0 Å². The van der Waals surface area contributed by atoms with E-state index in [1.165, 1.54) is 11.1 Å². The minimum Gasteiger partial charge on any atom is -0.493 e. The van der Waals surface area contributed by atoms with Crippen molar-refractivity contribution in [2.45, 2.75) is 19.9 Å². The predicted octanol–water partition coefficient (Wildman–Crippen LogP) is 3.46. The molecule has 2 rings (SSSR count). The van der Waals surface area contributed by atoms with E-state index in [1.807, 2.05) is 12.1 Å². The molecule has 0 radical (unpaired) electrons. The number of rotatable bonds is 6. The summed E-state index contributed by atoms with van der Waals surface area (Å²) in [4.78, 5) is 0. The molecule has 0 bridgehead atoms. The van der Waals surface area contributed by atoms with Gasteiger partial charge in [-0.3, -0.25) is 0 Å². The Morgan fingerprint density at radius 3 is 2.24 bits per heavy atom. The fourth-order valence-electron chi connectivity index (χ4n) is 2.31. The summed E-state index contributed by atoms with van der Waals surface area (Å²) in [6.45, 7) is 2.88. The molecule has 0 aliphatic carbocycles. The number of nitrogens with one attached hydrogen (secondary N) is 1. The largest absolute Gasteiger partial charge is 0.493 e. The average molecular weight is 286 g/mol. The maximum absolute atomic E-state index is 6.06. The molecule has 4 heteroatoms. The molecule has 0 saturated carbocycles. The van der Waals surface area contributed by atoms with Crippen molar-refractivity contribution >= 4 is 11.4 Å². The summed E-state index contributed by atoms with van der Waals surface area (Å²) in [6.07, 6.45) is 1.01. The number of ether oxygens (including phenoxy) is 2. The summed E-state index contributed by atoms with van der Waals surface area (Å²) < 4.78 is 10.5. The van der Waals surface area contributed by atoms with Gasteiger partial charge in [0, 0.05) is 18.7 Å². The van der Waals surface area contributed by atoms with E-state index in [4.69, 9.17) is 15.2 Å². The van der Waals surface area contributed by atoms with Gasteiger partial charge < -0.3 is 20.5 Å². The molecule has 0 fully saturated rings. The van der Waals surface area contributed by atoms with Crippen molar-refractivity contribution in [1.82, 2.24) is 0 Å². The standard InChI is InChI=1S/C17H22N2O2/c1-4-12-7-5-6-8-13(12)11-19-15-10-17(21-3)16(20-2)9-14(15)18/h5-10,19H,4,11,18H2,1-3H3. The molecule has 2 aromatic rings. The van der Waals surface area contributed by atoms with Crippen LogP contribution in [0.1, 0.15) is 18.1 Å². The molecular weight excluding hydrogens is 264 g/mol. The number of anilines is 2. The third kappa shape index (κ3) is 3.40. The molecule has 112 valence electrons. The molecule has 0 aliphatic rings. The van der Waals surface area contributed by atoms with Gasteiger partial charge in [-0.1, -0.05) is 31.2 Å². The zero-order chi connectivity index (χ0) is 15.2. The van der Waals surface area contributed by atoms with Crippen molar-refractivity contribution in [2.75, 3.05) is 25.3 Å². The van der Waals surface area contributed by atoms with Crippen LogP contribution in [0, 0.1) is 0 Å². The molecule has 0 amide bonds. The van der Waals surface area contributed by atoms with Crippen LogP contribution in [-0.4, -0.2) is 14.2 Å². The van der Waals surface area contributed by atoms with Crippen molar-refractivity contribution in [2.24, 2.45) is 0 Å². The van der Waals surface area contributed by atoms with Gasteiger partial charge in [0.05, 0.1) is 25.6 Å². The minimum atomic E-state index is 0.634. The highest BCUT2D eigenvalue weighted by Crippen LogP contribution is 2.35. The van der Waals surface area contributed by atoms with Gasteiger partial charge in [-0.15, -0.1) is 0 Å². The highest BCUT2D eigenvalue weighted by Gasteiger charge is 2.09. The normalized spacial score (nSPS) is 10.2. The van der Waals surface area contributed by atoms with Gasteiger partial charge in [0.1, 0.15) is 0 Å². The molecule has 0 atom stereocenters. The number of hydrogen-bond donors (Lipinski definition) is 2. The Kier molecular flexibility index (Phi) is 4.93. The maximum Gasteiger partial charge on any atom is 0.162 e. The highest BCUT2D eigenvalue weighted by atomic mass is 16.5. The molecule has 0 aromatic heterocycles. The van der Waals surface area contributed by atoms with Crippen LogP contribution in [0.5, 0.6) is 11.5 Å². The summed E-state index contributed by atoms with van der Waals surface area (Å²) in [7, 11) is 3.21. The number of benzene rings is 2. The third-order valence-electron chi connectivity index (χ3n) is 3.52. The minimum absolute atomic E-state index is 0.634. The summed E-state index contributed by atoms with van der Waals surface area (Å²) in [5.74, 6) is 1.30. The molecular formula is C17H22N2O2. The van der Waals surface area contributed by atoms with Gasteiger partial charge in [-0.05, 0) is 17.5 Å². The van der Waals surface area contributed by atoms with Gasteiger partial charge in [-0.25, -0.2) is 0 Å². The summed E-state index contributed by atoms with van der Waals surface area (Å²) >= 11 is 0. The van der Waals surface area contributed by atoms with Crippen molar-refractivity contribution < 1.29 is 9.47 Å². The van der Waals surface area contributed by atoms with E-state index in [0.29, 0.717) is 17.2 Å². The van der Waals surface area contributed by atoms with Crippen LogP contribution in [0.25, 0.3) is 0 Å². The molecule has 0 unspecified atom stereocenters. The van der Waals surface area contributed by atoms with Crippen LogP contribution in [-0.2, 0) is 13.0 Å². The first-order chi connectivity index (χ1) is 10.2. The van der Waals surface area contributed by atoms with Crippen LogP contribution in [0.3, 0.4) is 0 Å². The van der Waals surface area contributed by atoms with E-state index in [9.17, 15) is 0 Å². The van der Waals surface area contributed by atoms with E-state index in [2.05, 4.69) is 30.4 Å². The number of nitrogen functional groups attached to an aromatic ring is 1. The van der Waals surface area contributed by atoms with Crippen molar-refractivity contribution in [3.05, 3.63) is 47.5 Å². The lowest BCUT2D eigenvalue weighted by Crippen LogP contribution is -2.05. The molecule has 21 heavy (non-hydrogen) atoms. The van der Waals surface area contributed by atoms with Gasteiger partial charge in [0.25, 0.3) is 0 Å². The van der Waals surface area contributed by atoms with E-state index >= 15 is 0 Å². The number of methoxy groups -OCH3 is 2. The Balaban J connectivity index is 2.20. The smallest absolute Gasteiger partial charge is 0.162 e. The number of nitrogens with two attached hydrogens (primary N) is 1. The summed E-state index contributed by atoms with van der Waals surface area (Å²) in [6, 6.07) is 12.0.